The number of rotatable bonds is 8. The number of nitrogens with zero attached hydrogens (tertiary/aromatic N) is 4. The summed E-state index contributed by atoms with van der Waals surface area (Å²) in [4.78, 5) is 0. The number of aromatic nitrogens is 4. The third-order valence-electron chi connectivity index (χ3n) is 20.1. The monoisotopic (exact) mass is 1400 g/mol. The number of hydrogen-bond acceptors (Lipinski definition) is 0. The van der Waals surface area contributed by atoms with Crippen molar-refractivity contribution >= 4 is 120 Å². The van der Waals surface area contributed by atoms with E-state index in [4.69, 9.17) is 0 Å². The molecule has 0 aliphatic carbocycles. The van der Waals surface area contributed by atoms with Crippen LogP contribution in [0.5, 0.6) is 0 Å². The molecule has 0 aliphatic heterocycles. The van der Waals surface area contributed by atoms with Crippen LogP contribution in [0.25, 0.3) is 120 Å². The third kappa shape index (κ3) is 15.7. The van der Waals surface area contributed by atoms with Crippen LogP contribution in [0.4, 0.5) is 0 Å². The SMILES string of the molecule is C.CC.CC.CC.Cc1cc(C)cc(Cn2c3ccccc3c3c4ccccc4ccc32)c1.Cc1cc(C)cc(Cn2c3ccccc3c3cc4ccccc4cc32)c1.Cc1cc(C)cc(Cn2c3ccccc3c3ccc4ccccc4c32)c1.Cc1cc(C)cc(Cn2c3ccccc3c3ccccc32)c1. The Morgan fingerprint density at radius 3 is 0.879 bits per heavy atom. The van der Waals surface area contributed by atoms with Crippen molar-refractivity contribution in [3.05, 3.63) is 370 Å². The first kappa shape index (κ1) is 75.0. The van der Waals surface area contributed by atoms with E-state index in [1.165, 1.54) is 186 Å². The minimum absolute atomic E-state index is 0. The standard InChI is InChI=1S/3C25H21N.C21H19N.3C2H6.CH4/c1-17-11-18(2)13-19(12-17)16-26-24-10-6-5-9-22(24)23-14-20-7-3-4-8-21(20)15-25(23)26;1-17-13-18(2)15-19(14-17)16-26-24-10-6-5-9-22(24)23-12-11-20-7-3-4-8-21(20)25(23)26;1-17-13-18(2)15-19(14-17)16-26-23-10-6-5-9-22(23)25-21-8-4-3-7-20(21)11-12-24(25)26;1-15-11-16(2)13-17(12-15)14-22-20-9-5-3-7-18(20)19-8-4-6-10-21(19)22;3*1-2;/h3*3-15H,16H2,1-2H3;3-13H,14H2,1-2H3;3*1-2H3;1H4. The summed E-state index contributed by atoms with van der Waals surface area (Å²) in [6.45, 7) is 33.0. The molecule has 0 aliphatic rings. The maximum absolute atomic E-state index is 2.49. The average molecular weight is 1400 g/mol. The maximum Gasteiger partial charge on any atom is 0.0574 e. The van der Waals surface area contributed by atoms with Gasteiger partial charge in [-0.2, -0.15) is 0 Å². The molecule has 0 saturated heterocycles. The van der Waals surface area contributed by atoms with E-state index in [0.717, 1.165) is 26.2 Å². The summed E-state index contributed by atoms with van der Waals surface area (Å²) in [5.74, 6) is 0. The molecule has 19 rings (SSSR count). The molecule has 4 aromatic heterocycles. The molecule has 0 amide bonds. The molecular formula is C103H104N4. The minimum Gasteiger partial charge on any atom is -0.336 e. The first-order chi connectivity index (χ1) is 51.8. The fourth-order valence-corrected chi connectivity index (χ4v) is 16.4. The van der Waals surface area contributed by atoms with Gasteiger partial charge in [-0.25, -0.2) is 0 Å². The molecule has 0 atom stereocenters. The van der Waals surface area contributed by atoms with Gasteiger partial charge in [-0.3, -0.25) is 0 Å². The van der Waals surface area contributed by atoms with E-state index in [-0.39, 0.29) is 7.43 Å². The summed E-state index contributed by atoms with van der Waals surface area (Å²) >= 11 is 0. The van der Waals surface area contributed by atoms with Crippen molar-refractivity contribution < 1.29 is 0 Å². The first-order valence-corrected chi connectivity index (χ1v) is 38.2. The summed E-state index contributed by atoms with van der Waals surface area (Å²) in [5, 5.41) is 18.6. The van der Waals surface area contributed by atoms with E-state index in [1.807, 2.05) is 41.5 Å². The normalized spacial score (nSPS) is 11.0. The topological polar surface area (TPSA) is 19.7 Å². The van der Waals surface area contributed by atoms with Crippen LogP contribution in [-0.4, -0.2) is 18.3 Å². The minimum atomic E-state index is 0. The number of hydrogen-bond donors (Lipinski definition) is 0. The molecule has 4 nitrogen and oxygen atoms in total. The Hall–Kier alpha value is -11.7. The van der Waals surface area contributed by atoms with Crippen molar-refractivity contribution in [2.45, 2.75) is 131 Å². The molecule has 0 radical (unpaired) electrons. The summed E-state index contributed by atoms with van der Waals surface area (Å²) in [5.41, 5.74) is 26.5. The van der Waals surface area contributed by atoms with E-state index < -0.39 is 0 Å². The van der Waals surface area contributed by atoms with Gasteiger partial charge in [0.25, 0.3) is 0 Å². The first-order valence-electron chi connectivity index (χ1n) is 38.2. The molecule has 19 aromatic rings. The molecule has 4 heterocycles. The maximum atomic E-state index is 2.49. The Labute approximate surface area is 634 Å². The molecule has 0 fully saturated rings. The third-order valence-corrected chi connectivity index (χ3v) is 20.1. The highest BCUT2D eigenvalue weighted by Crippen LogP contribution is 2.39. The van der Waals surface area contributed by atoms with Gasteiger partial charge in [0, 0.05) is 102 Å². The van der Waals surface area contributed by atoms with Gasteiger partial charge in [0.1, 0.15) is 0 Å². The number of fused-ring (bicyclic) bond motifs is 17. The molecule has 0 bridgehead atoms. The Balaban J connectivity index is 0.000000130. The van der Waals surface area contributed by atoms with E-state index in [9.17, 15) is 0 Å². The van der Waals surface area contributed by atoms with Crippen LogP contribution in [0.15, 0.2) is 303 Å². The van der Waals surface area contributed by atoms with E-state index in [0.29, 0.717) is 0 Å². The Bertz CT molecular complexity index is 6120. The Morgan fingerprint density at radius 2 is 0.458 bits per heavy atom. The summed E-state index contributed by atoms with van der Waals surface area (Å²) in [7, 11) is 0. The lowest BCUT2D eigenvalue weighted by molar-refractivity contribution is 0.866. The molecular weight excluding hydrogens is 1290 g/mol. The number of aryl methyl sites for hydroxylation is 8. The highest BCUT2D eigenvalue weighted by molar-refractivity contribution is 6.21. The second kappa shape index (κ2) is 33.6. The van der Waals surface area contributed by atoms with Gasteiger partial charge in [-0.05, 0) is 153 Å². The molecule has 0 spiro atoms. The highest BCUT2D eigenvalue weighted by Gasteiger charge is 2.18. The van der Waals surface area contributed by atoms with Gasteiger partial charge in [0.05, 0.1) is 16.6 Å². The van der Waals surface area contributed by atoms with Gasteiger partial charge in [-0.15, -0.1) is 0 Å². The fraction of sp³-hybridized carbons (Fsp3) is 0.184. The van der Waals surface area contributed by atoms with Crippen molar-refractivity contribution in [3.8, 4) is 0 Å². The lowest BCUT2D eigenvalue weighted by Crippen LogP contribution is -2.00. The van der Waals surface area contributed by atoms with Crippen molar-refractivity contribution in [3.63, 3.8) is 0 Å². The number of benzene rings is 15. The van der Waals surface area contributed by atoms with Crippen LogP contribution in [0, 0.1) is 55.4 Å². The van der Waals surface area contributed by atoms with Crippen LogP contribution in [0.2, 0.25) is 0 Å². The summed E-state index contributed by atoms with van der Waals surface area (Å²) < 4.78 is 9.84. The van der Waals surface area contributed by atoms with E-state index >= 15 is 0 Å². The zero-order valence-corrected chi connectivity index (χ0v) is 64.5. The van der Waals surface area contributed by atoms with Crippen LogP contribution in [-0.2, 0) is 26.2 Å². The van der Waals surface area contributed by atoms with Gasteiger partial charge in [0.2, 0.25) is 0 Å². The molecule has 0 unspecified atom stereocenters. The van der Waals surface area contributed by atoms with Crippen molar-refractivity contribution in [1.29, 1.82) is 0 Å². The van der Waals surface area contributed by atoms with Crippen molar-refractivity contribution in [1.82, 2.24) is 18.3 Å². The predicted octanol–water partition coefficient (Wildman–Crippen LogP) is 29.0. The number of para-hydroxylation sites is 5. The lowest BCUT2D eigenvalue weighted by Gasteiger charge is -2.11. The molecule has 536 valence electrons. The molecule has 4 heteroatoms. The average Bonchev–Trinajstić information content (AvgIpc) is 1.62. The molecule has 0 N–H and O–H groups in total. The van der Waals surface area contributed by atoms with E-state index in [1.54, 1.807) is 0 Å². The largest absolute Gasteiger partial charge is 0.336 e. The molecule has 107 heavy (non-hydrogen) atoms. The zero-order valence-electron chi connectivity index (χ0n) is 64.5. The highest BCUT2D eigenvalue weighted by atomic mass is 15.0. The zero-order chi connectivity index (χ0) is 74.1. The van der Waals surface area contributed by atoms with Gasteiger partial charge in [-0.1, -0.05) is 348 Å². The van der Waals surface area contributed by atoms with Gasteiger partial charge >= 0.3 is 0 Å². The van der Waals surface area contributed by atoms with Gasteiger partial charge in [0.15, 0.2) is 0 Å². The Morgan fingerprint density at radius 1 is 0.187 bits per heavy atom. The quantitative estimate of drug-likeness (QED) is 0.144. The summed E-state index contributed by atoms with van der Waals surface area (Å²) in [6, 6.07) is 111. The summed E-state index contributed by atoms with van der Waals surface area (Å²) in [6.07, 6.45) is 0. The van der Waals surface area contributed by atoms with Crippen molar-refractivity contribution in [2.24, 2.45) is 0 Å². The second-order valence-corrected chi connectivity index (χ2v) is 28.0. The smallest absolute Gasteiger partial charge is 0.0574 e. The van der Waals surface area contributed by atoms with Crippen LogP contribution >= 0.6 is 0 Å². The van der Waals surface area contributed by atoms with Crippen LogP contribution in [0.1, 0.15) is 116 Å². The van der Waals surface area contributed by atoms with Crippen molar-refractivity contribution in [2.75, 3.05) is 0 Å². The second-order valence-electron chi connectivity index (χ2n) is 28.0. The molecule has 0 saturated carbocycles. The van der Waals surface area contributed by atoms with E-state index in [2.05, 4.69) is 377 Å². The Kier molecular flexibility index (Phi) is 23.5. The van der Waals surface area contributed by atoms with Crippen LogP contribution < -0.4 is 0 Å². The molecule has 15 aromatic carbocycles. The lowest BCUT2D eigenvalue weighted by atomic mass is 10.0. The predicted molar refractivity (Wildman–Crippen MR) is 471 cm³/mol. The fourth-order valence-electron chi connectivity index (χ4n) is 16.4. The van der Waals surface area contributed by atoms with Gasteiger partial charge < -0.3 is 18.3 Å². The van der Waals surface area contributed by atoms with Crippen LogP contribution in [0.3, 0.4) is 0 Å².